The first-order valence-corrected chi connectivity index (χ1v) is 4.38. The van der Waals surface area contributed by atoms with Crippen LogP contribution < -0.4 is 0 Å². The van der Waals surface area contributed by atoms with Gasteiger partial charge in [0.25, 0.3) is 11.6 Å². The van der Waals surface area contributed by atoms with Crippen molar-refractivity contribution in [3.05, 3.63) is 23.0 Å². The molecule has 3 rings (SSSR count). The summed E-state index contributed by atoms with van der Waals surface area (Å²) in [5.41, 5.74) is 0. The third kappa shape index (κ3) is 0.984. The Morgan fingerprint density at radius 1 is 0.667 bits per heavy atom. The molecular formula is C9H6O6. The van der Waals surface area contributed by atoms with Crippen molar-refractivity contribution in [2.75, 3.05) is 20.0 Å². The van der Waals surface area contributed by atoms with E-state index >= 15 is 0 Å². The van der Waals surface area contributed by atoms with E-state index in [-0.39, 0.29) is 43.0 Å². The van der Waals surface area contributed by atoms with Gasteiger partial charge in [0, 0.05) is 0 Å². The first-order valence-electron chi connectivity index (χ1n) is 4.38. The number of rotatable bonds is 0. The second kappa shape index (κ2) is 2.75. The minimum absolute atomic E-state index is 0.0736. The summed E-state index contributed by atoms with van der Waals surface area (Å²) < 4.78 is 20.0. The second-order valence-corrected chi connectivity index (χ2v) is 3.08. The molecule has 0 radical (unpaired) electrons. The second-order valence-electron chi connectivity index (χ2n) is 3.08. The van der Waals surface area contributed by atoms with Crippen LogP contribution in [-0.4, -0.2) is 31.6 Å². The molecule has 0 saturated heterocycles. The lowest BCUT2D eigenvalue weighted by molar-refractivity contribution is -0.126. The highest BCUT2D eigenvalue weighted by Gasteiger charge is 2.44. The summed E-state index contributed by atoms with van der Waals surface area (Å²) in [4.78, 5) is 23.4. The number of carbonyl (C=O) groups is 2. The molecule has 0 unspecified atom stereocenters. The third-order valence-electron chi connectivity index (χ3n) is 2.22. The first-order chi connectivity index (χ1) is 7.29. The Hall–Kier alpha value is -1.98. The van der Waals surface area contributed by atoms with Crippen LogP contribution in [0.2, 0.25) is 0 Å². The van der Waals surface area contributed by atoms with Crippen molar-refractivity contribution in [1.82, 2.24) is 0 Å². The molecule has 6 heteroatoms. The third-order valence-corrected chi connectivity index (χ3v) is 2.22. The normalized spacial score (nSPS) is 23.7. The Morgan fingerprint density at radius 3 is 1.53 bits per heavy atom. The molecule has 0 atom stereocenters. The maximum absolute atomic E-state index is 11.7. The summed E-state index contributed by atoms with van der Waals surface area (Å²) in [7, 11) is 0. The lowest BCUT2D eigenvalue weighted by Crippen LogP contribution is -2.30. The number of carbonyl (C=O) groups excluding carboxylic acids is 2. The fourth-order valence-corrected chi connectivity index (χ4v) is 1.58. The number of hydrogen-bond donors (Lipinski definition) is 0. The molecule has 1 aliphatic carbocycles. The topological polar surface area (TPSA) is 71.1 Å². The molecule has 6 nitrogen and oxygen atoms in total. The van der Waals surface area contributed by atoms with Crippen LogP contribution in [0.4, 0.5) is 0 Å². The molecular weight excluding hydrogens is 204 g/mol. The van der Waals surface area contributed by atoms with Crippen molar-refractivity contribution in [3.63, 3.8) is 0 Å². The van der Waals surface area contributed by atoms with Gasteiger partial charge in [0.05, 0.1) is 0 Å². The minimum atomic E-state index is -0.489. The van der Waals surface area contributed by atoms with Crippen LogP contribution in [0.3, 0.4) is 0 Å². The monoisotopic (exact) mass is 210 g/mol. The van der Waals surface area contributed by atoms with E-state index in [0.717, 1.165) is 0 Å². The van der Waals surface area contributed by atoms with E-state index in [1.165, 1.54) is 0 Å². The van der Waals surface area contributed by atoms with Gasteiger partial charge in [0.1, 0.15) is 13.2 Å². The molecule has 0 amide bonds. The Kier molecular flexibility index (Phi) is 1.53. The van der Waals surface area contributed by atoms with Crippen molar-refractivity contribution < 1.29 is 28.5 Å². The van der Waals surface area contributed by atoms with Crippen molar-refractivity contribution >= 4 is 11.6 Å². The molecule has 0 aromatic heterocycles. The summed E-state index contributed by atoms with van der Waals surface area (Å²) in [6, 6.07) is 0. The van der Waals surface area contributed by atoms with Crippen LogP contribution in [0.25, 0.3) is 0 Å². The van der Waals surface area contributed by atoms with Crippen LogP contribution in [0.15, 0.2) is 23.0 Å². The molecule has 2 heterocycles. The van der Waals surface area contributed by atoms with E-state index in [4.69, 9.17) is 18.9 Å². The molecule has 2 aliphatic heterocycles. The smallest absolute Gasteiger partial charge is 0.270 e. The molecule has 15 heavy (non-hydrogen) atoms. The lowest BCUT2D eigenvalue weighted by atomic mass is 10.1. The van der Waals surface area contributed by atoms with E-state index in [9.17, 15) is 9.59 Å². The van der Waals surface area contributed by atoms with Crippen LogP contribution in [0.1, 0.15) is 0 Å². The van der Waals surface area contributed by atoms with Gasteiger partial charge in [-0.1, -0.05) is 0 Å². The van der Waals surface area contributed by atoms with Crippen LogP contribution >= 0.6 is 0 Å². The van der Waals surface area contributed by atoms with Gasteiger partial charge in [0.2, 0.25) is 29.8 Å². The average molecular weight is 210 g/mol. The molecule has 3 aliphatic rings. The zero-order valence-corrected chi connectivity index (χ0v) is 7.57. The predicted octanol–water partition coefficient (Wildman–Crippen LogP) is -0.388. The molecule has 0 N–H and O–H groups in total. The van der Waals surface area contributed by atoms with Gasteiger partial charge in [0.15, 0.2) is 0 Å². The van der Waals surface area contributed by atoms with Gasteiger partial charge in [-0.05, 0) is 0 Å². The van der Waals surface area contributed by atoms with E-state index in [1.807, 2.05) is 0 Å². The fraction of sp³-hybridized carbons (Fsp3) is 0.333. The highest BCUT2D eigenvalue weighted by molar-refractivity contribution is 6.22. The molecule has 0 aromatic rings. The van der Waals surface area contributed by atoms with Crippen LogP contribution in [0.5, 0.6) is 0 Å². The van der Waals surface area contributed by atoms with Crippen LogP contribution in [-0.2, 0) is 28.5 Å². The Labute approximate surface area is 84.0 Å². The zero-order chi connectivity index (χ0) is 10.4. The summed E-state index contributed by atoms with van der Waals surface area (Å²) in [5, 5.41) is 0. The van der Waals surface area contributed by atoms with Gasteiger partial charge >= 0.3 is 0 Å². The van der Waals surface area contributed by atoms with E-state index in [0.29, 0.717) is 0 Å². The standard InChI is InChI=1S/C9H6O6/c10-4-6-7(13-2-1-12-6)5(11)9-8(4)14-3-15-9/h1-3H2. The number of hydrogen-bond acceptors (Lipinski definition) is 6. The minimum Gasteiger partial charge on any atom is -0.482 e. The van der Waals surface area contributed by atoms with Gasteiger partial charge in [-0.25, -0.2) is 0 Å². The van der Waals surface area contributed by atoms with E-state index in [2.05, 4.69) is 0 Å². The SMILES string of the molecule is O=C1C2=C(OCCO2)C(=O)C2=C1OCO2. The molecule has 0 saturated carbocycles. The molecule has 0 aromatic carbocycles. The first kappa shape index (κ1) is 8.34. The maximum Gasteiger partial charge on any atom is 0.270 e. The number of ether oxygens (including phenoxy) is 4. The highest BCUT2D eigenvalue weighted by atomic mass is 16.7. The predicted molar refractivity (Wildman–Crippen MR) is 43.0 cm³/mol. The van der Waals surface area contributed by atoms with Gasteiger partial charge in [-0.15, -0.1) is 0 Å². The largest absolute Gasteiger partial charge is 0.482 e. The van der Waals surface area contributed by atoms with E-state index in [1.54, 1.807) is 0 Å². The van der Waals surface area contributed by atoms with Crippen molar-refractivity contribution in [1.29, 1.82) is 0 Å². The maximum atomic E-state index is 11.7. The number of ketones is 2. The highest BCUT2D eigenvalue weighted by Crippen LogP contribution is 2.32. The van der Waals surface area contributed by atoms with Crippen molar-refractivity contribution in [3.8, 4) is 0 Å². The van der Waals surface area contributed by atoms with Gasteiger partial charge in [-0.3, -0.25) is 9.59 Å². The average Bonchev–Trinajstić information content (AvgIpc) is 2.75. The fourth-order valence-electron chi connectivity index (χ4n) is 1.58. The molecule has 0 fully saturated rings. The zero-order valence-electron chi connectivity index (χ0n) is 7.57. The van der Waals surface area contributed by atoms with Crippen molar-refractivity contribution in [2.45, 2.75) is 0 Å². The molecule has 0 spiro atoms. The van der Waals surface area contributed by atoms with Gasteiger partial charge < -0.3 is 18.9 Å². The summed E-state index contributed by atoms with van der Waals surface area (Å²) in [5.74, 6) is -1.28. The quantitative estimate of drug-likeness (QED) is 0.507. The van der Waals surface area contributed by atoms with Crippen molar-refractivity contribution in [2.24, 2.45) is 0 Å². The molecule has 0 bridgehead atoms. The van der Waals surface area contributed by atoms with Crippen LogP contribution in [0, 0.1) is 0 Å². The van der Waals surface area contributed by atoms with Gasteiger partial charge in [-0.2, -0.15) is 0 Å². The Bertz CT molecular complexity index is 392. The Morgan fingerprint density at radius 2 is 1.07 bits per heavy atom. The summed E-state index contributed by atoms with van der Waals surface area (Å²) in [6.45, 7) is 0.380. The summed E-state index contributed by atoms with van der Waals surface area (Å²) in [6.07, 6.45) is 0. The summed E-state index contributed by atoms with van der Waals surface area (Å²) >= 11 is 0. The Balaban J connectivity index is 2.10. The molecule has 78 valence electrons. The lowest BCUT2D eigenvalue weighted by Gasteiger charge is -2.22. The van der Waals surface area contributed by atoms with E-state index < -0.39 is 11.6 Å². The number of Topliss-reactive ketones (excluding diaryl/α,β-unsaturated/α-hetero) is 2.